The van der Waals surface area contributed by atoms with E-state index in [-0.39, 0.29) is 22.8 Å². The summed E-state index contributed by atoms with van der Waals surface area (Å²) in [6, 6.07) is 10.7. The Bertz CT molecular complexity index is 443. The Morgan fingerprint density at radius 3 is 1.91 bits per heavy atom. The molecule has 0 heterocycles. The van der Waals surface area contributed by atoms with Gasteiger partial charge in [0.1, 0.15) is 0 Å². The molecule has 0 aliphatic heterocycles. The lowest BCUT2D eigenvalue weighted by Gasteiger charge is -2.52. The zero-order valence-corrected chi connectivity index (χ0v) is 17.1. The van der Waals surface area contributed by atoms with Crippen LogP contribution in [-0.4, -0.2) is 26.1 Å². The summed E-state index contributed by atoms with van der Waals surface area (Å²) in [4.78, 5) is 0. The number of hydrogen-bond donors (Lipinski definition) is 1. The first-order valence-electron chi connectivity index (χ1n) is 8.94. The van der Waals surface area contributed by atoms with Crippen LogP contribution >= 0.6 is 0 Å². The highest BCUT2D eigenvalue weighted by Gasteiger charge is 2.57. The van der Waals surface area contributed by atoms with Gasteiger partial charge < -0.3 is 9.53 Å². The van der Waals surface area contributed by atoms with Crippen molar-refractivity contribution < 1.29 is 9.53 Å². The third-order valence-electron chi connectivity index (χ3n) is 4.72. The minimum absolute atomic E-state index is 0.0340. The summed E-state index contributed by atoms with van der Waals surface area (Å²) in [5.74, 6) is 0. The summed E-state index contributed by atoms with van der Waals surface area (Å²) in [5.41, 5.74) is 0. The van der Waals surface area contributed by atoms with Gasteiger partial charge in [0.05, 0.1) is 12.7 Å². The Balaban J connectivity index is 3.40. The third-order valence-corrected chi connectivity index (χ3v) is 10.8. The maximum absolute atomic E-state index is 9.89. The number of aliphatic hydroxyl groups excluding tert-OH is 1. The van der Waals surface area contributed by atoms with Crippen LogP contribution in [0.2, 0.25) is 10.1 Å². The maximum atomic E-state index is 9.89. The van der Waals surface area contributed by atoms with Crippen molar-refractivity contribution in [2.24, 2.45) is 0 Å². The van der Waals surface area contributed by atoms with Crippen molar-refractivity contribution in [3.05, 3.63) is 30.3 Å². The summed E-state index contributed by atoms with van der Waals surface area (Å²) in [6.07, 6.45) is 3.09. The van der Waals surface area contributed by atoms with Gasteiger partial charge in [0, 0.05) is 0 Å². The minimum atomic E-state index is -2.37. The molecule has 132 valence electrons. The highest BCUT2D eigenvalue weighted by molar-refractivity contribution is 6.91. The molecular formula is C20H36O2Si. The lowest BCUT2D eigenvalue weighted by atomic mass is 10.2. The third kappa shape index (κ3) is 4.46. The molecule has 0 aromatic heterocycles. The number of benzene rings is 1. The van der Waals surface area contributed by atoms with Crippen molar-refractivity contribution in [1.29, 1.82) is 0 Å². The van der Waals surface area contributed by atoms with Crippen molar-refractivity contribution in [2.75, 3.05) is 6.61 Å². The molecule has 0 amide bonds. The van der Waals surface area contributed by atoms with Gasteiger partial charge in [-0.15, -0.1) is 0 Å². The number of rotatable bonds is 7. The van der Waals surface area contributed by atoms with Gasteiger partial charge >= 0.3 is 0 Å². The lowest BCUT2D eigenvalue weighted by molar-refractivity contribution is 0.0888. The summed E-state index contributed by atoms with van der Waals surface area (Å²) in [5, 5.41) is 11.3. The second-order valence-corrected chi connectivity index (χ2v) is 13.8. The quantitative estimate of drug-likeness (QED) is 0.709. The molecular weight excluding hydrogens is 300 g/mol. The molecule has 1 atom stereocenters. The van der Waals surface area contributed by atoms with E-state index < -0.39 is 8.32 Å². The molecule has 3 heteroatoms. The van der Waals surface area contributed by atoms with Crippen LogP contribution in [0.25, 0.3) is 0 Å². The number of hydrogen-bond acceptors (Lipinski definition) is 2. The highest BCUT2D eigenvalue weighted by atomic mass is 28.4. The molecule has 0 aliphatic carbocycles. The fourth-order valence-electron chi connectivity index (χ4n) is 3.95. The molecule has 1 aromatic carbocycles. The largest absolute Gasteiger partial charge is 0.406 e. The van der Waals surface area contributed by atoms with E-state index in [0.717, 1.165) is 19.3 Å². The van der Waals surface area contributed by atoms with E-state index in [0.29, 0.717) is 0 Å². The fourth-order valence-corrected chi connectivity index (χ4v) is 10.1. The van der Waals surface area contributed by atoms with Crippen LogP contribution in [-0.2, 0) is 4.43 Å². The molecule has 0 aliphatic rings. The van der Waals surface area contributed by atoms with Gasteiger partial charge in [0.15, 0.2) is 0 Å². The zero-order valence-electron chi connectivity index (χ0n) is 16.1. The molecule has 0 bridgehead atoms. The van der Waals surface area contributed by atoms with Crippen LogP contribution < -0.4 is 5.19 Å². The molecule has 1 aromatic rings. The lowest BCUT2D eigenvalue weighted by Crippen LogP contribution is -2.65. The summed E-state index contributed by atoms with van der Waals surface area (Å²) < 4.78 is 6.89. The first-order valence-corrected chi connectivity index (χ1v) is 10.8. The van der Waals surface area contributed by atoms with Gasteiger partial charge in [-0.1, -0.05) is 91.6 Å². The fraction of sp³-hybridized carbons (Fsp3) is 0.700. The topological polar surface area (TPSA) is 29.5 Å². The second-order valence-electron chi connectivity index (χ2n) is 8.61. The first-order chi connectivity index (χ1) is 10.6. The van der Waals surface area contributed by atoms with Crippen LogP contribution in [0.5, 0.6) is 0 Å². The van der Waals surface area contributed by atoms with E-state index in [9.17, 15) is 5.11 Å². The first kappa shape index (κ1) is 20.4. The Kier molecular flexibility index (Phi) is 7.06. The standard InChI is InChI=1S/C20H36O2Si/c1-8-9-13-17(16-21)22-23(19(2,3)4,20(5,6)7)18-14-11-10-12-15-18/h10-12,14-15,17,21H,8-9,13,16H2,1-7H3. The number of unbranched alkanes of at least 4 members (excludes halogenated alkanes) is 1. The summed E-state index contributed by atoms with van der Waals surface area (Å²) in [7, 11) is -2.37. The predicted octanol–water partition coefficient (Wildman–Crippen LogP) is 5.01. The Morgan fingerprint density at radius 1 is 1.00 bits per heavy atom. The molecule has 1 rings (SSSR count). The van der Waals surface area contributed by atoms with Crippen LogP contribution in [0.3, 0.4) is 0 Å². The molecule has 0 fully saturated rings. The van der Waals surface area contributed by atoms with Gasteiger partial charge in [-0.2, -0.15) is 0 Å². The molecule has 0 radical (unpaired) electrons. The smallest absolute Gasteiger partial charge is 0.235 e. The molecule has 1 unspecified atom stereocenters. The van der Waals surface area contributed by atoms with Gasteiger partial charge in [0.25, 0.3) is 0 Å². The zero-order chi connectivity index (χ0) is 17.7. The molecule has 0 saturated heterocycles. The van der Waals surface area contributed by atoms with Crippen molar-refractivity contribution in [3.63, 3.8) is 0 Å². The van der Waals surface area contributed by atoms with E-state index in [1.165, 1.54) is 5.19 Å². The van der Waals surface area contributed by atoms with Crippen molar-refractivity contribution in [3.8, 4) is 0 Å². The SMILES string of the molecule is CCCCC(CO)O[Si](c1ccccc1)(C(C)(C)C)C(C)(C)C. The summed E-state index contributed by atoms with van der Waals surface area (Å²) in [6.45, 7) is 16.1. The van der Waals surface area contributed by atoms with Crippen LogP contribution in [0.4, 0.5) is 0 Å². The molecule has 0 spiro atoms. The normalized spacial score (nSPS) is 14.8. The van der Waals surface area contributed by atoms with Crippen molar-refractivity contribution in [2.45, 2.75) is 83.9 Å². The Hall–Kier alpha value is -0.643. The van der Waals surface area contributed by atoms with E-state index in [4.69, 9.17) is 4.43 Å². The Labute approximate surface area is 144 Å². The van der Waals surface area contributed by atoms with E-state index >= 15 is 0 Å². The van der Waals surface area contributed by atoms with E-state index in [1.54, 1.807) is 0 Å². The summed E-state index contributed by atoms with van der Waals surface area (Å²) >= 11 is 0. The average molecular weight is 337 g/mol. The average Bonchev–Trinajstić information content (AvgIpc) is 2.46. The minimum Gasteiger partial charge on any atom is -0.406 e. The van der Waals surface area contributed by atoms with Crippen LogP contribution in [0.15, 0.2) is 30.3 Å². The van der Waals surface area contributed by atoms with Crippen LogP contribution in [0, 0.1) is 0 Å². The molecule has 2 nitrogen and oxygen atoms in total. The molecule has 23 heavy (non-hydrogen) atoms. The molecule has 1 N–H and O–H groups in total. The van der Waals surface area contributed by atoms with E-state index in [1.807, 2.05) is 0 Å². The van der Waals surface area contributed by atoms with Gasteiger partial charge in [0.2, 0.25) is 8.32 Å². The van der Waals surface area contributed by atoms with E-state index in [2.05, 4.69) is 78.8 Å². The Morgan fingerprint density at radius 2 is 1.52 bits per heavy atom. The maximum Gasteiger partial charge on any atom is 0.235 e. The number of aliphatic hydroxyl groups is 1. The highest BCUT2D eigenvalue weighted by Crippen LogP contribution is 2.51. The monoisotopic (exact) mass is 336 g/mol. The van der Waals surface area contributed by atoms with Crippen LogP contribution in [0.1, 0.15) is 67.7 Å². The predicted molar refractivity (Wildman–Crippen MR) is 103 cm³/mol. The van der Waals surface area contributed by atoms with Gasteiger partial charge in [-0.25, -0.2) is 0 Å². The van der Waals surface area contributed by atoms with Crippen molar-refractivity contribution in [1.82, 2.24) is 0 Å². The van der Waals surface area contributed by atoms with Crippen molar-refractivity contribution >= 4 is 13.5 Å². The van der Waals surface area contributed by atoms with Gasteiger partial charge in [-0.3, -0.25) is 0 Å². The second kappa shape index (κ2) is 7.95. The molecule has 0 saturated carbocycles. The van der Waals surface area contributed by atoms with Gasteiger partial charge in [-0.05, 0) is 21.7 Å².